The molecule has 2 aliphatic carbocycles. The van der Waals surface area contributed by atoms with Crippen LogP contribution < -0.4 is 0 Å². The summed E-state index contributed by atoms with van der Waals surface area (Å²) in [5.41, 5.74) is 3.70. The number of benzene rings is 1. The molecule has 0 amide bonds. The lowest BCUT2D eigenvalue weighted by atomic mass is 9.50. The van der Waals surface area contributed by atoms with E-state index < -0.39 is 0 Å². The van der Waals surface area contributed by atoms with Crippen molar-refractivity contribution in [3.63, 3.8) is 0 Å². The van der Waals surface area contributed by atoms with Gasteiger partial charge in [0.25, 0.3) is 0 Å². The van der Waals surface area contributed by atoms with Gasteiger partial charge in [0.2, 0.25) is 0 Å². The van der Waals surface area contributed by atoms with Gasteiger partial charge < -0.3 is 10.2 Å². The molecule has 0 unspecified atom stereocenters. The fraction of sp³-hybridized carbons (Fsp3) is 0.700. The molecule has 2 nitrogen and oxygen atoms in total. The lowest BCUT2D eigenvalue weighted by Crippen LogP contribution is -2.50. The molecule has 0 heterocycles. The van der Waals surface area contributed by atoms with E-state index in [0.29, 0.717) is 17.6 Å². The number of hydrogen-bond acceptors (Lipinski definition) is 2. The summed E-state index contributed by atoms with van der Waals surface area (Å²) in [4.78, 5) is 0. The van der Waals surface area contributed by atoms with Gasteiger partial charge in [0.15, 0.2) is 0 Å². The number of aliphatic hydroxyl groups excluding tert-OH is 1. The summed E-state index contributed by atoms with van der Waals surface area (Å²) >= 11 is 0. The van der Waals surface area contributed by atoms with Gasteiger partial charge in [-0.3, -0.25) is 0 Å². The number of phenolic OH excluding ortho intramolecular Hbond substituents is 1. The van der Waals surface area contributed by atoms with Crippen LogP contribution in [0.4, 0.5) is 0 Å². The second-order valence-corrected chi connectivity index (χ2v) is 8.36. The van der Waals surface area contributed by atoms with Crippen LogP contribution in [0.3, 0.4) is 0 Å². The molecule has 2 aliphatic rings. The molecule has 0 aromatic heterocycles. The van der Waals surface area contributed by atoms with Crippen LogP contribution in [0.15, 0.2) is 12.1 Å². The van der Waals surface area contributed by atoms with E-state index in [2.05, 4.69) is 39.8 Å². The quantitative estimate of drug-likeness (QED) is 0.843. The van der Waals surface area contributed by atoms with Gasteiger partial charge >= 0.3 is 0 Å². The fourth-order valence-electron chi connectivity index (χ4n) is 5.35. The van der Waals surface area contributed by atoms with Crippen molar-refractivity contribution in [1.82, 2.24) is 0 Å². The minimum absolute atomic E-state index is 0.0248. The summed E-state index contributed by atoms with van der Waals surface area (Å²) in [5.74, 6) is 1.39. The van der Waals surface area contributed by atoms with E-state index >= 15 is 0 Å². The molecule has 22 heavy (non-hydrogen) atoms. The van der Waals surface area contributed by atoms with E-state index in [0.717, 1.165) is 31.2 Å². The first kappa shape index (κ1) is 15.9. The maximum absolute atomic E-state index is 10.7. The van der Waals surface area contributed by atoms with Crippen molar-refractivity contribution in [2.75, 3.05) is 6.61 Å². The highest BCUT2D eigenvalue weighted by Crippen LogP contribution is 2.58. The third kappa shape index (κ3) is 2.11. The topological polar surface area (TPSA) is 40.5 Å². The number of fused-ring (bicyclic) bond motifs is 3. The average molecular weight is 302 g/mol. The number of aliphatic hydroxyl groups is 1. The first-order chi connectivity index (χ1) is 10.3. The summed E-state index contributed by atoms with van der Waals surface area (Å²) in [5, 5.41) is 20.7. The highest BCUT2D eigenvalue weighted by Gasteiger charge is 2.51. The van der Waals surface area contributed by atoms with Gasteiger partial charge in [-0.2, -0.15) is 0 Å². The van der Waals surface area contributed by atoms with Gasteiger partial charge in [0.05, 0.1) is 0 Å². The van der Waals surface area contributed by atoms with Crippen molar-refractivity contribution >= 4 is 0 Å². The second kappa shape index (κ2) is 5.26. The molecule has 3 atom stereocenters. The van der Waals surface area contributed by atoms with Crippen LogP contribution in [0.5, 0.6) is 5.75 Å². The van der Waals surface area contributed by atoms with E-state index in [1.807, 2.05) is 0 Å². The van der Waals surface area contributed by atoms with Gasteiger partial charge in [-0.25, -0.2) is 0 Å². The van der Waals surface area contributed by atoms with Gasteiger partial charge in [0.1, 0.15) is 5.75 Å². The Morgan fingerprint density at radius 1 is 1.23 bits per heavy atom. The minimum Gasteiger partial charge on any atom is -0.507 e. The monoisotopic (exact) mass is 302 g/mol. The predicted octanol–water partition coefficient (Wildman–Crippen LogP) is 4.52. The smallest absolute Gasteiger partial charge is 0.122 e. The zero-order chi connectivity index (χ0) is 16.1. The van der Waals surface area contributed by atoms with Crippen LogP contribution in [-0.4, -0.2) is 16.8 Å². The van der Waals surface area contributed by atoms with Gasteiger partial charge in [-0.05, 0) is 65.0 Å². The molecule has 3 rings (SSSR count). The highest BCUT2D eigenvalue weighted by atomic mass is 16.3. The van der Waals surface area contributed by atoms with E-state index in [4.69, 9.17) is 0 Å². The van der Waals surface area contributed by atoms with Crippen molar-refractivity contribution in [2.45, 2.75) is 71.1 Å². The largest absolute Gasteiger partial charge is 0.507 e. The van der Waals surface area contributed by atoms with Gasteiger partial charge in [0, 0.05) is 6.61 Å². The summed E-state index contributed by atoms with van der Waals surface area (Å²) in [7, 11) is 0. The fourth-order valence-corrected chi connectivity index (χ4v) is 5.35. The molecule has 1 aromatic carbocycles. The molecule has 122 valence electrons. The average Bonchev–Trinajstić information content (AvgIpc) is 2.47. The maximum atomic E-state index is 10.7. The predicted molar refractivity (Wildman–Crippen MR) is 90.4 cm³/mol. The third-order valence-corrected chi connectivity index (χ3v) is 6.65. The molecule has 2 N–H and O–H groups in total. The molecule has 1 saturated carbocycles. The summed E-state index contributed by atoms with van der Waals surface area (Å²) < 4.78 is 0. The van der Waals surface area contributed by atoms with Crippen molar-refractivity contribution < 1.29 is 10.2 Å². The molecule has 0 aliphatic heterocycles. The number of aromatic hydroxyl groups is 1. The van der Waals surface area contributed by atoms with E-state index in [-0.39, 0.29) is 17.4 Å². The van der Waals surface area contributed by atoms with E-state index in [1.165, 1.54) is 17.5 Å². The van der Waals surface area contributed by atoms with Crippen molar-refractivity contribution in [3.8, 4) is 5.75 Å². The number of hydrogen-bond donors (Lipinski definition) is 2. The van der Waals surface area contributed by atoms with E-state index in [9.17, 15) is 10.2 Å². The zero-order valence-corrected chi connectivity index (χ0v) is 14.4. The summed E-state index contributed by atoms with van der Waals surface area (Å²) in [6.45, 7) is 9.16. The Hall–Kier alpha value is -1.02. The SMILES string of the molecule is CC(C)c1ccc2c(c1O)CC[C@@H]1[C@@](C)(CO)CCC[C@@]21C. The molecule has 0 saturated heterocycles. The lowest BCUT2D eigenvalue weighted by Gasteiger charge is -2.55. The van der Waals surface area contributed by atoms with Crippen molar-refractivity contribution in [3.05, 3.63) is 28.8 Å². The Labute approximate surface area is 134 Å². The second-order valence-electron chi connectivity index (χ2n) is 8.36. The first-order valence-electron chi connectivity index (χ1n) is 8.79. The third-order valence-electron chi connectivity index (χ3n) is 6.65. The molecular formula is C20H30O2. The Kier molecular flexibility index (Phi) is 3.79. The van der Waals surface area contributed by atoms with Crippen molar-refractivity contribution in [1.29, 1.82) is 0 Å². The standard InChI is InChI=1S/C20H30O2/c1-13(2)14-6-8-16-15(18(14)22)7-9-17-19(3,12-21)10-5-11-20(16,17)4/h6,8,13,17,21-22H,5,7,9-12H2,1-4H3/t17-,19-,20+/m1/s1. The Bertz CT molecular complexity index is 577. The molecule has 2 heteroatoms. The summed E-state index contributed by atoms with van der Waals surface area (Å²) in [6, 6.07) is 4.39. The molecule has 0 radical (unpaired) electrons. The molecule has 1 fully saturated rings. The number of phenols is 1. The van der Waals surface area contributed by atoms with Crippen LogP contribution in [0.25, 0.3) is 0 Å². The Morgan fingerprint density at radius 2 is 1.95 bits per heavy atom. The molecule has 0 spiro atoms. The van der Waals surface area contributed by atoms with Gasteiger partial charge in [-0.1, -0.05) is 46.2 Å². The van der Waals surface area contributed by atoms with Gasteiger partial charge in [-0.15, -0.1) is 0 Å². The molecule has 0 bridgehead atoms. The van der Waals surface area contributed by atoms with Crippen LogP contribution >= 0.6 is 0 Å². The Morgan fingerprint density at radius 3 is 2.59 bits per heavy atom. The molecular weight excluding hydrogens is 272 g/mol. The number of rotatable bonds is 2. The lowest BCUT2D eigenvalue weighted by molar-refractivity contribution is -0.0181. The van der Waals surface area contributed by atoms with Crippen molar-refractivity contribution in [2.24, 2.45) is 11.3 Å². The first-order valence-corrected chi connectivity index (χ1v) is 8.79. The molecule has 1 aromatic rings. The summed E-state index contributed by atoms with van der Waals surface area (Å²) in [6.07, 6.45) is 5.47. The van der Waals surface area contributed by atoms with Crippen LogP contribution in [-0.2, 0) is 11.8 Å². The Balaban J connectivity index is 2.12. The van der Waals surface area contributed by atoms with Crippen LogP contribution in [0.1, 0.15) is 76.0 Å². The minimum atomic E-state index is 0.0248. The van der Waals surface area contributed by atoms with E-state index in [1.54, 1.807) is 0 Å². The van der Waals surface area contributed by atoms with Crippen LogP contribution in [0, 0.1) is 11.3 Å². The van der Waals surface area contributed by atoms with Crippen LogP contribution in [0.2, 0.25) is 0 Å². The zero-order valence-electron chi connectivity index (χ0n) is 14.4. The highest BCUT2D eigenvalue weighted by molar-refractivity contribution is 5.51. The normalized spacial score (nSPS) is 34.4. The maximum Gasteiger partial charge on any atom is 0.122 e.